The average Bonchev–Trinajstić information content (AvgIpc) is 3.00. The number of aliphatic hydroxyl groups is 2. The predicted molar refractivity (Wildman–Crippen MR) is 160 cm³/mol. The summed E-state index contributed by atoms with van der Waals surface area (Å²) in [7, 11) is 0. The van der Waals surface area contributed by atoms with E-state index in [1.54, 1.807) is 6.92 Å². The Labute approximate surface area is 262 Å². The molecule has 0 spiro atoms. The van der Waals surface area contributed by atoms with Crippen molar-refractivity contribution in [1.82, 2.24) is 0 Å². The maximum atomic E-state index is 12.8. The van der Waals surface area contributed by atoms with Crippen molar-refractivity contribution in [3.05, 3.63) is 94.5 Å². The van der Waals surface area contributed by atoms with Gasteiger partial charge in [-0.1, -0.05) is 24.3 Å². The van der Waals surface area contributed by atoms with E-state index in [1.165, 1.54) is 54.6 Å². The lowest BCUT2D eigenvalue weighted by molar-refractivity contribution is -0.145. The van der Waals surface area contributed by atoms with Gasteiger partial charge in [-0.05, 0) is 42.3 Å². The maximum Gasteiger partial charge on any atom is 0.306 e. The Morgan fingerprint density at radius 3 is 1.80 bits per heavy atom. The fourth-order valence-electron chi connectivity index (χ4n) is 6.38. The second kappa shape index (κ2) is 11.9. The second-order valence-electron chi connectivity index (χ2n) is 11.3. The molecule has 4 aromatic carbocycles. The number of carbonyl (C=O) groups is 1. The first kappa shape index (κ1) is 30.7. The molecular weight excluding hydrogens is 600 g/mol. The molecule has 0 amide bonds. The van der Waals surface area contributed by atoms with Gasteiger partial charge in [0.25, 0.3) is 0 Å². The standard InChI is InChI=1S/C34H32O12/c1-2-44-25(41)13-20-26-22(39)14-23(40)28(34(26)46-32(30(20)42)15-3-7-17(35)8-4-15)29-27-21(38)11-19(37)12-24(27)45-33(31(29)43)16-5-9-18(36)10-6-16/h3-12,14,20,29-33,35-40,42-43H,2,13H2,1H3. The number of hydrogen-bond acceptors (Lipinski definition) is 12. The summed E-state index contributed by atoms with van der Waals surface area (Å²) in [5.41, 5.74) is 0.652. The molecule has 12 heteroatoms. The van der Waals surface area contributed by atoms with E-state index >= 15 is 0 Å². The minimum atomic E-state index is -1.54. The minimum Gasteiger partial charge on any atom is -0.508 e. The van der Waals surface area contributed by atoms with E-state index in [9.17, 15) is 45.6 Å². The number of fused-ring (bicyclic) bond motifs is 2. The van der Waals surface area contributed by atoms with Gasteiger partial charge < -0.3 is 55.1 Å². The summed E-state index contributed by atoms with van der Waals surface area (Å²) in [4.78, 5) is 12.8. The molecule has 0 radical (unpaired) electrons. The van der Waals surface area contributed by atoms with E-state index in [1.807, 2.05) is 0 Å². The average molecular weight is 633 g/mol. The van der Waals surface area contributed by atoms with Crippen LogP contribution in [0, 0.1) is 0 Å². The molecule has 6 rings (SSSR count). The molecule has 0 aromatic heterocycles. The van der Waals surface area contributed by atoms with Crippen LogP contribution in [0.4, 0.5) is 0 Å². The Morgan fingerprint density at radius 1 is 0.674 bits per heavy atom. The molecule has 2 aliphatic rings. The molecular formula is C34H32O12. The maximum absolute atomic E-state index is 12.8. The Hall–Kier alpha value is -5.33. The van der Waals surface area contributed by atoms with Crippen LogP contribution in [0.3, 0.4) is 0 Å². The zero-order chi connectivity index (χ0) is 32.9. The zero-order valence-electron chi connectivity index (χ0n) is 24.4. The molecule has 46 heavy (non-hydrogen) atoms. The van der Waals surface area contributed by atoms with Crippen LogP contribution in [0.5, 0.6) is 46.0 Å². The van der Waals surface area contributed by atoms with Crippen LogP contribution in [-0.4, -0.2) is 65.6 Å². The molecule has 0 saturated carbocycles. The predicted octanol–water partition coefficient (Wildman–Crippen LogP) is 4.08. The van der Waals surface area contributed by atoms with Crippen LogP contribution in [-0.2, 0) is 9.53 Å². The van der Waals surface area contributed by atoms with Gasteiger partial charge in [0.2, 0.25) is 0 Å². The van der Waals surface area contributed by atoms with Crippen molar-refractivity contribution in [3.8, 4) is 46.0 Å². The summed E-state index contributed by atoms with van der Waals surface area (Å²) in [5.74, 6) is -5.25. The van der Waals surface area contributed by atoms with E-state index in [0.29, 0.717) is 11.1 Å². The van der Waals surface area contributed by atoms with Crippen molar-refractivity contribution >= 4 is 5.97 Å². The van der Waals surface area contributed by atoms with Gasteiger partial charge in [0.05, 0.1) is 18.9 Å². The fraction of sp³-hybridized carbons (Fsp3) is 0.265. The summed E-state index contributed by atoms with van der Waals surface area (Å²) in [6, 6.07) is 14.9. The number of hydrogen-bond donors (Lipinski definition) is 8. The van der Waals surface area contributed by atoms with Crippen molar-refractivity contribution < 1.29 is 59.9 Å². The summed E-state index contributed by atoms with van der Waals surface area (Å²) in [5, 5.41) is 87.2. The summed E-state index contributed by atoms with van der Waals surface area (Å²) in [6.45, 7) is 1.69. The third-order valence-corrected chi connectivity index (χ3v) is 8.42. The molecule has 6 atom stereocenters. The molecule has 2 aliphatic heterocycles. The molecule has 0 aliphatic carbocycles. The number of phenols is 6. The van der Waals surface area contributed by atoms with E-state index in [4.69, 9.17) is 14.2 Å². The third kappa shape index (κ3) is 5.31. The molecule has 0 bridgehead atoms. The quantitative estimate of drug-likeness (QED) is 0.142. The number of benzene rings is 4. The van der Waals surface area contributed by atoms with Gasteiger partial charge >= 0.3 is 5.97 Å². The first-order valence-electron chi connectivity index (χ1n) is 14.6. The van der Waals surface area contributed by atoms with E-state index in [0.717, 1.165) is 12.1 Å². The van der Waals surface area contributed by atoms with Gasteiger partial charge in [-0.2, -0.15) is 0 Å². The van der Waals surface area contributed by atoms with Gasteiger partial charge in [-0.3, -0.25) is 4.79 Å². The van der Waals surface area contributed by atoms with Gasteiger partial charge in [-0.15, -0.1) is 0 Å². The van der Waals surface area contributed by atoms with Gasteiger partial charge in [0, 0.05) is 40.8 Å². The topological polar surface area (TPSA) is 207 Å². The first-order chi connectivity index (χ1) is 22.0. The molecule has 12 nitrogen and oxygen atoms in total. The third-order valence-electron chi connectivity index (χ3n) is 8.42. The summed E-state index contributed by atoms with van der Waals surface area (Å²) >= 11 is 0. The highest BCUT2D eigenvalue weighted by Gasteiger charge is 2.48. The van der Waals surface area contributed by atoms with Gasteiger partial charge in [0.1, 0.15) is 58.2 Å². The van der Waals surface area contributed by atoms with E-state index < -0.39 is 59.5 Å². The zero-order valence-corrected chi connectivity index (χ0v) is 24.4. The smallest absolute Gasteiger partial charge is 0.306 e. The van der Waals surface area contributed by atoms with Gasteiger partial charge in [-0.25, -0.2) is 0 Å². The molecule has 4 aromatic rings. The molecule has 0 saturated heterocycles. The molecule has 2 heterocycles. The molecule has 6 unspecified atom stereocenters. The highest BCUT2D eigenvalue weighted by atomic mass is 16.5. The monoisotopic (exact) mass is 632 g/mol. The lowest BCUT2D eigenvalue weighted by Gasteiger charge is -2.42. The fourth-order valence-corrected chi connectivity index (χ4v) is 6.38. The Balaban J connectivity index is 1.59. The van der Waals surface area contributed by atoms with E-state index in [-0.39, 0.29) is 58.5 Å². The van der Waals surface area contributed by atoms with Crippen LogP contribution in [0.25, 0.3) is 0 Å². The van der Waals surface area contributed by atoms with Crippen molar-refractivity contribution in [2.24, 2.45) is 0 Å². The molecule has 8 N–H and O–H groups in total. The van der Waals surface area contributed by atoms with Crippen molar-refractivity contribution in [1.29, 1.82) is 0 Å². The highest BCUT2D eigenvalue weighted by Crippen LogP contribution is 2.59. The number of esters is 1. The Morgan fingerprint density at radius 2 is 1.22 bits per heavy atom. The summed E-state index contributed by atoms with van der Waals surface area (Å²) < 4.78 is 17.6. The van der Waals surface area contributed by atoms with Crippen molar-refractivity contribution in [3.63, 3.8) is 0 Å². The number of aromatic hydroxyl groups is 6. The highest BCUT2D eigenvalue weighted by molar-refractivity contribution is 5.73. The van der Waals surface area contributed by atoms with Crippen molar-refractivity contribution in [2.45, 2.75) is 49.6 Å². The SMILES string of the molecule is CCOC(=O)CC1c2c(O)cc(O)c(C3c4c(O)cc(O)cc4OC(c4ccc(O)cc4)C3O)c2OC(c2ccc(O)cc2)C1O. The largest absolute Gasteiger partial charge is 0.508 e. The summed E-state index contributed by atoms with van der Waals surface area (Å²) in [6.07, 6.45) is -5.70. The Kier molecular flexibility index (Phi) is 7.92. The second-order valence-corrected chi connectivity index (χ2v) is 11.3. The van der Waals surface area contributed by atoms with Gasteiger partial charge in [0.15, 0.2) is 12.2 Å². The first-order valence-corrected chi connectivity index (χ1v) is 14.6. The number of aliphatic hydroxyl groups excluding tert-OH is 2. The van der Waals surface area contributed by atoms with E-state index in [2.05, 4.69) is 0 Å². The number of ether oxygens (including phenoxy) is 3. The number of carbonyl (C=O) groups excluding carboxylic acids is 1. The van der Waals surface area contributed by atoms with Crippen LogP contribution in [0.2, 0.25) is 0 Å². The molecule has 0 fully saturated rings. The normalized spacial score (nSPS) is 23.4. The number of rotatable bonds is 6. The van der Waals surface area contributed by atoms with Crippen LogP contribution < -0.4 is 9.47 Å². The number of phenolic OH excluding ortho intramolecular Hbond substituents is 6. The van der Waals surface area contributed by atoms with Crippen LogP contribution >= 0.6 is 0 Å². The lowest BCUT2D eigenvalue weighted by atomic mass is 9.75. The van der Waals surface area contributed by atoms with Crippen LogP contribution in [0.15, 0.2) is 66.7 Å². The minimum absolute atomic E-state index is 0.0126. The van der Waals surface area contributed by atoms with Crippen molar-refractivity contribution in [2.75, 3.05) is 6.61 Å². The Bertz CT molecular complexity index is 1770. The van der Waals surface area contributed by atoms with Crippen LogP contribution in [0.1, 0.15) is 65.2 Å². The lowest BCUT2D eigenvalue weighted by Crippen LogP contribution is -2.38. The molecule has 240 valence electrons.